The summed E-state index contributed by atoms with van der Waals surface area (Å²) in [5.41, 5.74) is 25.4. The number of nitrogens with two attached hydrogens (primary N) is 1. The molecule has 0 atom stereocenters. The van der Waals surface area contributed by atoms with Crippen molar-refractivity contribution in [2.75, 3.05) is 0 Å². The van der Waals surface area contributed by atoms with Gasteiger partial charge in [0.1, 0.15) is 0 Å². The normalized spacial score (nSPS) is 10.0. The standard InChI is InChI=1S/C18H23N.2C9H11Br.C9H13N.H3N/c1-13-5-14(2)8-17(7-13)11-19-12-18-9-15(3)6-16(4)10-18;3*1-7-3-8(2)5-9(4-7)6-10;/h5-10,19H,11-12H2,1-4H3;2*3-5H,6H2,1-2H3;3-5H,6,10H2,1-2H3;1H3. The molecule has 0 aliphatic rings. The van der Waals surface area contributed by atoms with Crippen molar-refractivity contribution in [2.45, 2.75) is 99.5 Å². The highest BCUT2D eigenvalue weighted by atomic mass is 79.9. The zero-order valence-electron chi connectivity index (χ0n) is 32.2. The molecule has 5 aromatic carbocycles. The van der Waals surface area contributed by atoms with Gasteiger partial charge in [-0.05, 0) is 97.1 Å². The Morgan fingerprint density at radius 2 is 0.560 bits per heavy atom. The van der Waals surface area contributed by atoms with Crippen LogP contribution in [0.15, 0.2) is 91.0 Å². The Balaban J connectivity index is 0.000000349. The molecule has 0 unspecified atom stereocenters. The average Bonchev–Trinajstić information content (AvgIpc) is 2.99. The zero-order chi connectivity index (χ0) is 36.5. The molecular weight excluding hydrogens is 742 g/mol. The van der Waals surface area contributed by atoms with Crippen LogP contribution in [0.5, 0.6) is 0 Å². The van der Waals surface area contributed by atoms with Crippen molar-refractivity contribution in [1.29, 1.82) is 0 Å². The van der Waals surface area contributed by atoms with Crippen LogP contribution in [0.1, 0.15) is 83.5 Å². The minimum Gasteiger partial charge on any atom is -0.344 e. The van der Waals surface area contributed by atoms with E-state index in [0.29, 0.717) is 6.54 Å². The van der Waals surface area contributed by atoms with E-state index in [1.807, 2.05) is 0 Å². The van der Waals surface area contributed by atoms with Crippen LogP contribution in [0.25, 0.3) is 0 Å². The van der Waals surface area contributed by atoms with E-state index in [0.717, 1.165) is 23.7 Å². The number of nitrogens with one attached hydrogen (secondary N) is 1. The highest BCUT2D eigenvalue weighted by Gasteiger charge is 1.99. The largest absolute Gasteiger partial charge is 0.344 e. The molecule has 270 valence electrons. The molecular formula is C45H61Br2N3. The smallest absolute Gasteiger partial charge is 0.0283 e. The van der Waals surface area contributed by atoms with E-state index < -0.39 is 0 Å². The second kappa shape index (κ2) is 23.4. The van der Waals surface area contributed by atoms with E-state index in [1.54, 1.807) is 0 Å². The predicted octanol–water partition coefficient (Wildman–Crippen LogP) is 12.5. The molecule has 0 spiro atoms. The van der Waals surface area contributed by atoms with Gasteiger partial charge in [-0.2, -0.15) is 0 Å². The number of halogens is 2. The van der Waals surface area contributed by atoms with Crippen LogP contribution in [0.2, 0.25) is 0 Å². The van der Waals surface area contributed by atoms with Gasteiger partial charge in [0.2, 0.25) is 0 Å². The molecule has 0 amide bonds. The summed E-state index contributed by atoms with van der Waals surface area (Å²) in [6.07, 6.45) is 0. The van der Waals surface area contributed by atoms with Crippen LogP contribution in [0.4, 0.5) is 0 Å². The van der Waals surface area contributed by atoms with Gasteiger partial charge in [-0.15, -0.1) is 0 Å². The van der Waals surface area contributed by atoms with Crippen molar-refractivity contribution < 1.29 is 0 Å². The van der Waals surface area contributed by atoms with Gasteiger partial charge >= 0.3 is 0 Å². The van der Waals surface area contributed by atoms with Gasteiger partial charge < -0.3 is 17.2 Å². The van der Waals surface area contributed by atoms with E-state index >= 15 is 0 Å². The van der Waals surface area contributed by atoms with Gasteiger partial charge in [0.25, 0.3) is 0 Å². The van der Waals surface area contributed by atoms with Crippen LogP contribution in [-0.2, 0) is 30.3 Å². The number of hydrogen-bond acceptors (Lipinski definition) is 3. The molecule has 0 aliphatic carbocycles. The first kappa shape index (κ1) is 45.0. The number of benzene rings is 5. The quantitative estimate of drug-likeness (QED) is 0.144. The molecule has 3 nitrogen and oxygen atoms in total. The summed E-state index contributed by atoms with van der Waals surface area (Å²) in [4.78, 5) is 0. The number of rotatable bonds is 7. The lowest BCUT2D eigenvalue weighted by Crippen LogP contribution is -2.13. The third-order valence-corrected chi connectivity index (χ3v) is 8.90. The molecule has 0 radical (unpaired) electrons. The fourth-order valence-electron chi connectivity index (χ4n) is 6.17. The molecule has 0 bridgehead atoms. The molecule has 0 aliphatic heterocycles. The van der Waals surface area contributed by atoms with E-state index in [1.165, 1.54) is 83.5 Å². The Morgan fingerprint density at radius 3 is 0.760 bits per heavy atom. The number of alkyl halides is 2. The van der Waals surface area contributed by atoms with Crippen LogP contribution in [0, 0.1) is 69.2 Å². The van der Waals surface area contributed by atoms with Gasteiger partial charge in [0, 0.05) is 30.3 Å². The van der Waals surface area contributed by atoms with Crippen LogP contribution in [-0.4, -0.2) is 0 Å². The van der Waals surface area contributed by atoms with Gasteiger partial charge in [-0.1, -0.05) is 178 Å². The van der Waals surface area contributed by atoms with E-state index in [4.69, 9.17) is 5.73 Å². The molecule has 5 rings (SSSR count). The second-order valence-corrected chi connectivity index (χ2v) is 14.7. The van der Waals surface area contributed by atoms with Gasteiger partial charge in [-0.25, -0.2) is 0 Å². The van der Waals surface area contributed by atoms with Crippen LogP contribution >= 0.6 is 31.9 Å². The number of hydrogen-bond donors (Lipinski definition) is 3. The monoisotopic (exact) mass is 801 g/mol. The van der Waals surface area contributed by atoms with Crippen molar-refractivity contribution in [2.24, 2.45) is 5.73 Å². The van der Waals surface area contributed by atoms with Gasteiger partial charge in [0.05, 0.1) is 0 Å². The van der Waals surface area contributed by atoms with E-state index in [-0.39, 0.29) is 6.15 Å². The summed E-state index contributed by atoms with van der Waals surface area (Å²) in [5, 5.41) is 5.43. The van der Waals surface area contributed by atoms with Crippen molar-refractivity contribution in [1.82, 2.24) is 11.5 Å². The zero-order valence-corrected chi connectivity index (χ0v) is 35.4. The lowest BCUT2D eigenvalue weighted by Gasteiger charge is -2.09. The summed E-state index contributed by atoms with van der Waals surface area (Å²) >= 11 is 6.85. The summed E-state index contributed by atoms with van der Waals surface area (Å²) in [7, 11) is 0. The Labute approximate surface area is 321 Å². The van der Waals surface area contributed by atoms with Crippen molar-refractivity contribution in [3.63, 3.8) is 0 Å². The Bertz CT molecular complexity index is 1490. The summed E-state index contributed by atoms with van der Waals surface area (Å²) in [5.74, 6) is 0. The van der Waals surface area contributed by atoms with Crippen LogP contribution in [0.3, 0.4) is 0 Å². The minimum atomic E-state index is 0. The maximum Gasteiger partial charge on any atom is 0.0283 e. The highest BCUT2D eigenvalue weighted by Crippen LogP contribution is 2.13. The van der Waals surface area contributed by atoms with Crippen LogP contribution < -0.4 is 17.2 Å². The molecule has 5 heteroatoms. The molecule has 5 aromatic rings. The average molecular weight is 804 g/mol. The first-order valence-electron chi connectivity index (χ1n) is 17.1. The Hall–Kier alpha value is -3.06. The third kappa shape index (κ3) is 18.3. The van der Waals surface area contributed by atoms with Crippen molar-refractivity contribution in [3.05, 3.63) is 174 Å². The van der Waals surface area contributed by atoms with Crippen molar-refractivity contribution in [3.8, 4) is 0 Å². The summed E-state index contributed by atoms with van der Waals surface area (Å²) < 4.78 is 0. The molecule has 0 aromatic heterocycles. The lowest BCUT2D eigenvalue weighted by atomic mass is 10.1. The maximum absolute atomic E-state index is 5.49. The topological polar surface area (TPSA) is 73.0 Å². The molecule has 0 fully saturated rings. The Morgan fingerprint density at radius 1 is 0.360 bits per heavy atom. The Kier molecular flexibility index (Phi) is 21.1. The second-order valence-electron chi connectivity index (χ2n) is 13.6. The molecule has 0 saturated heterocycles. The van der Waals surface area contributed by atoms with Crippen molar-refractivity contribution >= 4 is 31.9 Å². The summed E-state index contributed by atoms with van der Waals surface area (Å²) in [6.45, 7) is 23.8. The maximum atomic E-state index is 5.49. The SMILES string of the molecule is Cc1cc(C)cc(CBr)c1.Cc1cc(C)cc(CBr)c1.Cc1cc(C)cc(CN)c1.Cc1cc(C)cc(CNCc2cc(C)cc(C)c2)c1.N. The predicted molar refractivity (Wildman–Crippen MR) is 228 cm³/mol. The van der Waals surface area contributed by atoms with E-state index in [9.17, 15) is 0 Å². The fraction of sp³-hybridized carbons (Fsp3) is 0.333. The fourth-order valence-corrected chi connectivity index (χ4v) is 6.82. The molecule has 0 saturated carbocycles. The molecule has 50 heavy (non-hydrogen) atoms. The number of aryl methyl sites for hydroxylation is 10. The third-order valence-electron chi connectivity index (χ3n) is 7.61. The first-order valence-corrected chi connectivity index (χ1v) is 19.3. The lowest BCUT2D eigenvalue weighted by molar-refractivity contribution is 0.692. The van der Waals surface area contributed by atoms with Gasteiger partial charge in [0.15, 0.2) is 0 Å². The molecule has 0 heterocycles. The van der Waals surface area contributed by atoms with Gasteiger partial charge in [-0.3, -0.25) is 0 Å². The highest BCUT2D eigenvalue weighted by molar-refractivity contribution is 9.08. The minimum absolute atomic E-state index is 0. The molecule has 6 N–H and O–H groups in total. The summed E-state index contributed by atoms with van der Waals surface area (Å²) in [6, 6.07) is 33.0. The van der Waals surface area contributed by atoms with E-state index in [2.05, 4.69) is 197 Å². The first-order chi connectivity index (χ1) is 23.2.